The zero-order valence-corrected chi connectivity index (χ0v) is 21.2. The zero-order chi connectivity index (χ0) is 26.2. The second kappa shape index (κ2) is 9.88. The van der Waals surface area contributed by atoms with Crippen LogP contribution in [0.4, 0.5) is 21.6 Å². The molecule has 0 amide bonds. The predicted molar refractivity (Wildman–Crippen MR) is 137 cm³/mol. The molecule has 11 heteroatoms. The minimum atomic E-state index is -3.72. The van der Waals surface area contributed by atoms with Crippen molar-refractivity contribution in [2.75, 3.05) is 18.2 Å². The summed E-state index contributed by atoms with van der Waals surface area (Å²) in [5, 5.41) is 3.17. The summed E-state index contributed by atoms with van der Waals surface area (Å²) >= 11 is 0. The topological polar surface area (TPSA) is 103 Å². The van der Waals surface area contributed by atoms with Gasteiger partial charge in [0.1, 0.15) is 29.1 Å². The first kappa shape index (κ1) is 24.8. The van der Waals surface area contributed by atoms with Gasteiger partial charge in [-0.3, -0.25) is 4.57 Å². The van der Waals surface area contributed by atoms with Crippen molar-refractivity contribution in [3.8, 4) is 0 Å². The first-order valence-corrected chi connectivity index (χ1v) is 13.7. The van der Waals surface area contributed by atoms with Gasteiger partial charge in [-0.15, -0.1) is 4.98 Å². The Hall–Kier alpha value is -3.88. The molecule has 1 saturated heterocycles. The zero-order valence-electron chi connectivity index (χ0n) is 20.4. The number of rotatable bonds is 6. The number of hydrogen-bond acceptors (Lipinski definition) is 7. The number of halogens is 1. The van der Waals surface area contributed by atoms with Crippen LogP contribution in [0.3, 0.4) is 0 Å². The van der Waals surface area contributed by atoms with E-state index in [1.165, 1.54) is 12.1 Å². The number of nitrogens with zero attached hydrogens (tertiary/aromatic N) is 5. The fourth-order valence-electron chi connectivity index (χ4n) is 4.55. The van der Waals surface area contributed by atoms with Crippen molar-refractivity contribution < 1.29 is 17.5 Å². The molecular formula is C26H25FN6O3S. The number of aryl methyl sites for hydroxylation is 1. The van der Waals surface area contributed by atoms with E-state index in [0.717, 1.165) is 31.6 Å². The molecule has 1 fully saturated rings. The molecule has 1 aliphatic rings. The van der Waals surface area contributed by atoms with Crippen molar-refractivity contribution in [3.63, 3.8) is 0 Å². The van der Waals surface area contributed by atoms with Crippen molar-refractivity contribution in [2.24, 2.45) is 0 Å². The molecule has 190 valence electrons. The Morgan fingerprint density at radius 3 is 2.70 bits per heavy atom. The predicted octanol–water partition coefficient (Wildman–Crippen LogP) is 5.26. The van der Waals surface area contributed by atoms with Crippen LogP contribution < -0.4 is 5.32 Å². The molecule has 1 aliphatic heterocycles. The van der Waals surface area contributed by atoms with Gasteiger partial charge in [-0.05, 0) is 62.6 Å². The maximum atomic E-state index is 13.9. The van der Waals surface area contributed by atoms with Gasteiger partial charge in [-0.1, -0.05) is 12.6 Å². The summed E-state index contributed by atoms with van der Waals surface area (Å²) in [5.41, 5.74) is 3.20. The monoisotopic (exact) mass is 520 g/mol. The second-order valence-electron chi connectivity index (χ2n) is 9.00. The highest BCUT2D eigenvalue weighted by molar-refractivity contribution is 7.90. The fraction of sp³-hybridized carbons (Fsp3) is 0.308. The molecule has 0 spiro atoms. The quantitative estimate of drug-likeness (QED) is 0.346. The molecule has 3 aromatic heterocycles. The van der Waals surface area contributed by atoms with Gasteiger partial charge in [0.15, 0.2) is 15.5 Å². The first-order chi connectivity index (χ1) is 17.7. The highest BCUT2D eigenvalue weighted by Gasteiger charge is 2.24. The summed E-state index contributed by atoms with van der Waals surface area (Å²) in [6.07, 6.45) is 4.01. The van der Waals surface area contributed by atoms with Crippen molar-refractivity contribution in [2.45, 2.75) is 43.7 Å². The molecule has 4 heterocycles. The highest BCUT2D eigenvalue weighted by atomic mass is 32.2. The Labute approximate surface area is 214 Å². The number of benzene rings is 1. The van der Waals surface area contributed by atoms with E-state index in [-0.39, 0.29) is 22.6 Å². The maximum absolute atomic E-state index is 13.9. The maximum Gasteiger partial charge on any atom is 0.269 e. The molecule has 4 aromatic rings. The normalized spacial score (nSPS) is 16.0. The third-order valence-electron chi connectivity index (χ3n) is 6.20. The minimum absolute atomic E-state index is 0.155. The van der Waals surface area contributed by atoms with E-state index in [2.05, 4.69) is 15.1 Å². The lowest BCUT2D eigenvalue weighted by Gasteiger charge is -2.25. The lowest BCUT2D eigenvalue weighted by Crippen LogP contribution is -2.19. The van der Waals surface area contributed by atoms with Gasteiger partial charge in [-0.25, -0.2) is 22.8 Å². The van der Waals surface area contributed by atoms with E-state index in [4.69, 9.17) is 21.3 Å². The molecule has 9 nitrogen and oxygen atoms in total. The van der Waals surface area contributed by atoms with Gasteiger partial charge in [0.2, 0.25) is 0 Å². The summed E-state index contributed by atoms with van der Waals surface area (Å²) in [4.78, 5) is 17.3. The van der Waals surface area contributed by atoms with Gasteiger partial charge < -0.3 is 14.9 Å². The van der Waals surface area contributed by atoms with E-state index in [1.807, 2.05) is 17.6 Å². The molecule has 1 atom stereocenters. The molecule has 5 rings (SSSR count). The van der Waals surface area contributed by atoms with Gasteiger partial charge in [-0.2, -0.15) is 0 Å². The Morgan fingerprint density at radius 1 is 1.14 bits per heavy atom. The lowest BCUT2D eigenvalue weighted by molar-refractivity contribution is -0.0309. The van der Waals surface area contributed by atoms with Crippen LogP contribution in [0.1, 0.15) is 42.7 Å². The van der Waals surface area contributed by atoms with Gasteiger partial charge in [0.05, 0.1) is 28.4 Å². The number of aromatic nitrogens is 4. The van der Waals surface area contributed by atoms with E-state index in [9.17, 15) is 12.8 Å². The largest absolute Gasteiger partial charge is 0.361 e. The van der Waals surface area contributed by atoms with Crippen LogP contribution in [-0.4, -0.2) is 40.8 Å². The Bertz CT molecular complexity index is 1640. The molecule has 1 aromatic carbocycles. The number of fused-ring (bicyclic) bond motifs is 1. The number of nitrogens with one attached hydrogen (secondary N) is 1. The molecular weight excluding hydrogens is 495 g/mol. The minimum Gasteiger partial charge on any atom is -0.361 e. The number of sulfone groups is 1. The summed E-state index contributed by atoms with van der Waals surface area (Å²) in [5.74, 6) is 0.356. The van der Waals surface area contributed by atoms with E-state index < -0.39 is 15.7 Å². The molecule has 0 radical (unpaired) electrons. The van der Waals surface area contributed by atoms with Crippen molar-refractivity contribution >= 4 is 38.2 Å². The van der Waals surface area contributed by atoms with Gasteiger partial charge in [0, 0.05) is 12.9 Å². The van der Waals surface area contributed by atoms with Gasteiger partial charge >= 0.3 is 0 Å². The summed E-state index contributed by atoms with van der Waals surface area (Å²) < 4.78 is 46.7. The Morgan fingerprint density at radius 2 is 1.97 bits per heavy atom. The first-order valence-electron chi connectivity index (χ1n) is 11.8. The molecule has 0 bridgehead atoms. The van der Waals surface area contributed by atoms with Crippen LogP contribution in [-0.2, 0) is 21.0 Å². The third kappa shape index (κ3) is 5.16. The van der Waals surface area contributed by atoms with Crippen LogP contribution in [0.5, 0.6) is 0 Å². The third-order valence-corrected chi connectivity index (χ3v) is 7.34. The Kier molecular flexibility index (Phi) is 6.62. The number of ether oxygens (including phenoxy) is 1. The van der Waals surface area contributed by atoms with E-state index >= 15 is 0 Å². The number of hydrogen-bond donors (Lipinski definition) is 1. The molecule has 0 aliphatic carbocycles. The average Bonchev–Trinajstić information content (AvgIpc) is 3.21. The lowest BCUT2D eigenvalue weighted by atomic mass is 10.1. The average molecular weight is 521 g/mol. The smallest absolute Gasteiger partial charge is 0.269 e. The van der Waals surface area contributed by atoms with E-state index in [0.29, 0.717) is 47.1 Å². The molecule has 1 N–H and O–H groups in total. The van der Waals surface area contributed by atoms with Crippen molar-refractivity contribution in [3.05, 3.63) is 76.9 Å². The summed E-state index contributed by atoms with van der Waals surface area (Å²) in [6, 6.07) is 10.6. The highest BCUT2D eigenvalue weighted by Crippen LogP contribution is 2.34. The summed E-state index contributed by atoms with van der Waals surface area (Å²) in [7, 11) is -3.72. The van der Waals surface area contributed by atoms with Crippen molar-refractivity contribution in [1.29, 1.82) is 0 Å². The summed E-state index contributed by atoms with van der Waals surface area (Å²) in [6.45, 7) is 9.78. The van der Waals surface area contributed by atoms with Crippen molar-refractivity contribution in [1.82, 2.24) is 19.5 Å². The molecule has 37 heavy (non-hydrogen) atoms. The van der Waals surface area contributed by atoms with Crippen LogP contribution in [0.15, 0.2) is 47.4 Å². The SMILES string of the molecule is [C-]#[N+]c1cccc(Cc2cc(Nc3ccc(F)cc3S(C)(=O)=O)c3nc(C)n(C4CCCCO4)c3n2)n1. The van der Waals surface area contributed by atoms with Crippen LogP contribution in [0.25, 0.3) is 16.0 Å². The Balaban J connectivity index is 1.66. The standard InChI is InChI=1S/C26H25FN6O3S/c1-16-29-25-21(32-20-11-10-17(27)13-22(20)37(3,34)35)15-19(14-18-7-6-8-23(28-2)30-18)31-26(25)33(16)24-9-4-5-12-36-24/h6-8,10-11,13,15,24H,4-5,9,12,14H2,1,3H3,(H,31,32). The van der Waals surface area contributed by atoms with E-state index in [1.54, 1.807) is 18.2 Å². The second-order valence-corrected chi connectivity index (χ2v) is 11.0. The number of pyridine rings is 2. The van der Waals surface area contributed by atoms with Crippen LogP contribution in [0.2, 0.25) is 0 Å². The van der Waals surface area contributed by atoms with Crippen LogP contribution in [0, 0.1) is 19.3 Å². The molecule has 0 saturated carbocycles. The fourth-order valence-corrected chi connectivity index (χ4v) is 5.39. The van der Waals surface area contributed by atoms with Crippen LogP contribution >= 0.6 is 0 Å². The molecule has 1 unspecified atom stereocenters. The number of anilines is 2. The van der Waals surface area contributed by atoms with Gasteiger partial charge in [0.25, 0.3) is 5.82 Å². The number of imidazole rings is 1.